The summed E-state index contributed by atoms with van der Waals surface area (Å²) >= 11 is 0. The Bertz CT molecular complexity index is 624. The van der Waals surface area contributed by atoms with Crippen LogP contribution in [0.4, 0.5) is 9.59 Å². The van der Waals surface area contributed by atoms with E-state index in [0.717, 1.165) is 70.9 Å². The van der Waals surface area contributed by atoms with Crippen molar-refractivity contribution in [1.29, 1.82) is 0 Å². The Balaban J connectivity index is 4.46. The van der Waals surface area contributed by atoms with E-state index in [1.54, 1.807) is 0 Å². The van der Waals surface area contributed by atoms with Crippen molar-refractivity contribution in [1.82, 2.24) is 21.3 Å². The van der Waals surface area contributed by atoms with Crippen molar-refractivity contribution in [2.24, 2.45) is 11.5 Å². The van der Waals surface area contributed by atoms with Crippen LogP contribution in [-0.4, -0.2) is 73.7 Å². The van der Waals surface area contributed by atoms with Gasteiger partial charge in [0.15, 0.2) is 0 Å². The fourth-order valence-corrected chi connectivity index (χ4v) is 4.21. The Kier molecular flexibility index (Phi) is 17.9. The second kappa shape index (κ2) is 18.7. The van der Waals surface area contributed by atoms with Crippen LogP contribution in [0.15, 0.2) is 0 Å². The number of carbonyl (C=O) groups is 2. The van der Waals surface area contributed by atoms with Gasteiger partial charge in [-0.25, -0.2) is 9.59 Å². The van der Waals surface area contributed by atoms with Gasteiger partial charge in [-0.15, -0.1) is 0 Å². The van der Waals surface area contributed by atoms with Crippen molar-refractivity contribution >= 4 is 12.2 Å². The zero-order chi connectivity index (χ0) is 30.0. The highest BCUT2D eigenvalue weighted by Gasteiger charge is 2.29. The highest BCUT2D eigenvalue weighted by Crippen LogP contribution is 2.17. The molecule has 0 fully saturated rings. The smallest absolute Gasteiger partial charge is 0.408 e. The highest BCUT2D eigenvalue weighted by molar-refractivity contribution is 5.69. The second-order valence-electron chi connectivity index (χ2n) is 13.3. The van der Waals surface area contributed by atoms with E-state index >= 15 is 0 Å². The fourth-order valence-electron chi connectivity index (χ4n) is 4.21. The van der Waals surface area contributed by atoms with Crippen LogP contribution in [0.2, 0.25) is 0 Å². The summed E-state index contributed by atoms with van der Waals surface area (Å²) in [7, 11) is 0. The molecule has 8 N–H and O–H groups in total. The molecule has 0 bridgehead atoms. The van der Waals surface area contributed by atoms with Crippen molar-refractivity contribution in [3.05, 3.63) is 0 Å². The lowest BCUT2D eigenvalue weighted by atomic mass is 9.94. The largest absolute Gasteiger partial charge is 0.444 e. The monoisotopic (exact) mass is 558 g/mol. The molecule has 0 saturated heterocycles. The van der Waals surface area contributed by atoms with Gasteiger partial charge in [0.05, 0.1) is 11.1 Å². The molecule has 0 aliphatic rings. The summed E-state index contributed by atoms with van der Waals surface area (Å²) in [5.41, 5.74) is 9.48. The Morgan fingerprint density at radius 2 is 0.923 bits per heavy atom. The van der Waals surface area contributed by atoms with Gasteiger partial charge in [0.1, 0.15) is 11.2 Å². The minimum atomic E-state index is -0.530. The van der Waals surface area contributed by atoms with E-state index in [1.807, 2.05) is 41.5 Å². The van der Waals surface area contributed by atoms with E-state index in [2.05, 4.69) is 35.1 Å². The lowest BCUT2D eigenvalue weighted by molar-refractivity contribution is 0.0444. The second-order valence-corrected chi connectivity index (χ2v) is 13.3. The predicted molar refractivity (Wildman–Crippen MR) is 161 cm³/mol. The average Bonchev–Trinajstić information content (AvgIpc) is 2.75. The molecule has 0 aliphatic heterocycles. The summed E-state index contributed by atoms with van der Waals surface area (Å²) < 4.78 is 10.9. The maximum atomic E-state index is 12.4. The molecule has 0 saturated carbocycles. The molecule has 39 heavy (non-hydrogen) atoms. The van der Waals surface area contributed by atoms with Crippen LogP contribution >= 0.6 is 0 Å². The van der Waals surface area contributed by atoms with E-state index in [1.165, 1.54) is 0 Å². The molecular weight excluding hydrogens is 496 g/mol. The average molecular weight is 559 g/mol. The number of carbonyl (C=O) groups excluding carboxylic acids is 2. The molecule has 2 atom stereocenters. The van der Waals surface area contributed by atoms with Gasteiger partial charge in [-0.2, -0.15) is 0 Å². The van der Waals surface area contributed by atoms with E-state index in [4.69, 9.17) is 20.9 Å². The van der Waals surface area contributed by atoms with Crippen molar-refractivity contribution < 1.29 is 19.1 Å². The topological polar surface area (TPSA) is 153 Å². The van der Waals surface area contributed by atoms with Crippen LogP contribution in [0.3, 0.4) is 0 Å². The number of alkyl carbamates (subject to hydrolysis) is 2. The maximum Gasteiger partial charge on any atom is 0.408 e. The molecule has 0 aromatic carbocycles. The highest BCUT2D eigenvalue weighted by atomic mass is 16.6. The van der Waals surface area contributed by atoms with Gasteiger partial charge in [-0.3, -0.25) is 0 Å². The molecule has 2 amide bonds. The Morgan fingerprint density at radius 1 is 0.564 bits per heavy atom. The molecule has 10 nitrogen and oxygen atoms in total. The first-order valence-electron chi connectivity index (χ1n) is 14.9. The third kappa shape index (κ3) is 21.8. The molecule has 10 heteroatoms. The van der Waals surface area contributed by atoms with E-state index < -0.39 is 22.3 Å². The summed E-state index contributed by atoms with van der Waals surface area (Å²) in [5, 5.41) is 13.2. The lowest BCUT2D eigenvalue weighted by Gasteiger charge is -2.33. The molecule has 232 valence electrons. The standard InChI is InChI=1S/C29H62N6O4/c1-26(2,3)38-24(36)34-28(7,16-10-12-18-30)22-32-20-14-9-15-21-33-23-29(8,17-11-13-19-31)35-25(37)39-27(4,5)6/h32-33H,9-23,30-31H2,1-8H3,(H,34,36)(H,35,37). The molecule has 2 unspecified atom stereocenters. The zero-order valence-corrected chi connectivity index (χ0v) is 26.4. The van der Waals surface area contributed by atoms with Gasteiger partial charge < -0.3 is 42.2 Å². The van der Waals surface area contributed by atoms with Crippen LogP contribution in [-0.2, 0) is 9.47 Å². The Hall–Kier alpha value is -1.62. The minimum absolute atomic E-state index is 0.387. The first-order chi connectivity index (χ1) is 18.0. The number of hydrogen-bond acceptors (Lipinski definition) is 8. The third-order valence-corrected chi connectivity index (χ3v) is 6.21. The van der Waals surface area contributed by atoms with Gasteiger partial charge in [-0.05, 0) is 133 Å². The van der Waals surface area contributed by atoms with E-state index in [-0.39, 0.29) is 12.2 Å². The number of nitrogens with one attached hydrogen (secondary N) is 4. The number of rotatable bonds is 20. The Morgan fingerprint density at radius 3 is 1.23 bits per heavy atom. The summed E-state index contributed by atoms with van der Waals surface area (Å²) in [6, 6.07) is 0. The molecule has 0 rings (SSSR count). The lowest BCUT2D eigenvalue weighted by Crippen LogP contribution is -2.54. The molecule has 0 radical (unpaired) electrons. The normalized spacial score (nSPS) is 15.2. The molecule has 0 aromatic heterocycles. The number of ether oxygens (including phenoxy) is 2. The summed E-state index contributed by atoms with van der Waals surface area (Å²) in [5.74, 6) is 0. The molecule has 0 heterocycles. The van der Waals surface area contributed by atoms with Gasteiger partial charge >= 0.3 is 12.2 Å². The van der Waals surface area contributed by atoms with Gasteiger partial charge in [0.2, 0.25) is 0 Å². The van der Waals surface area contributed by atoms with Crippen LogP contribution in [0.25, 0.3) is 0 Å². The molecular formula is C29H62N6O4. The molecule has 0 spiro atoms. The quantitative estimate of drug-likeness (QED) is 0.122. The summed E-state index contributed by atoms with van der Waals surface area (Å²) in [4.78, 5) is 24.8. The van der Waals surface area contributed by atoms with Crippen LogP contribution < -0.4 is 32.7 Å². The molecule has 0 aromatic rings. The SMILES string of the molecule is CC(CCCCN)(CNCCCCCNCC(C)(CCCCN)NC(=O)OC(C)(C)C)NC(=O)OC(C)(C)C. The predicted octanol–water partition coefficient (Wildman–Crippen LogP) is 4.16. The third-order valence-electron chi connectivity index (χ3n) is 6.21. The van der Waals surface area contributed by atoms with Gasteiger partial charge in [-0.1, -0.05) is 6.42 Å². The first-order valence-corrected chi connectivity index (χ1v) is 14.9. The summed E-state index contributed by atoms with van der Waals surface area (Å²) in [6.45, 7) is 19.7. The van der Waals surface area contributed by atoms with Crippen molar-refractivity contribution in [3.63, 3.8) is 0 Å². The number of amides is 2. The van der Waals surface area contributed by atoms with Crippen LogP contribution in [0, 0.1) is 0 Å². The first kappa shape index (κ1) is 37.4. The molecule has 0 aliphatic carbocycles. The van der Waals surface area contributed by atoms with Crippen molar-refractivity contribution in [2.75, 3.05) is 39.3 Å². The van der Waals surface area contributed by atoms with Gasteiger partial charge in [0.25, 0.3) is 0 Å². The van der Waals surface area contributed by atoms with Crippen LogP contribution in [0.1, 0.15) is 113 Å². The number of hydrogen-bond donors (Lipinski definition) is 6. The van der Waals surface area contributed by atoms with Crippen molar-refractivity contribution in [2.45, 2.75) is 135 Å². The fraction of sp³-hybridized carbons (Fsp3) is 0.931. The van der Waals surface area contributed by atoms with Crippen LogP contribution in [0.5, 0.6) is 0 Å². The minimum Gasteiger partial charge on any atom is -0.444 e. The maximum absolute atomic E-state index is 12.4. The van der Waals surface area contributed by atoms with Crippen molar-refractivity contribution in [3.8, 4) is 0 Å². The Labute approximate surface area is 238 Å². The number of nitrogens with two attached hydrogens (primary N) is 2. The number of unbranched alkanes of at least 4 members (excludes halogenated alkanes) is 4. The zero-order valence-electron chi connectivity index (χ0n) is 26.4. The van der Waals surface area contributed by atoms with E-state index in [9.17, 15) is 9.59 Å². The van der Waals surface area contributed by atoms with Gasteiger partial charge in [0, 0.05) is 13.1 Å². The van der Waals surface area contributed by atoms with E-state index in [0.29, 0.717) is 26.2 Å². The summed E-state index contributed by atoms with van der Waals surface area (Å²) in [6.07, 6.45) is 7.80.